The number of nitrogens with one attached hydrogen (secondary N) is 2. The van der Waals surface area contributed by atoms with Crippen molar-refractivity contribution >= 4 is 34.7 Å². The van der Waals surface area contributed by atoms with Crippen molar-refractivity contribution in [2.45, 2.75) is 25.9 Å². The van der Waals surface area contributed by atoms with Crippen LogP contribution in [0, 0.1) is 0 Å². The van der Waals surface area contributed by atoms with E-state index in [1.54, 1.807) is 16.0 Å². The molecule has 1 atom stereocenters. The van der Waals surface area contributed by atoms with Crippen LogP contribution in [0.1, 0.15) is 18.9 Å². The lowest BCUT2D eigenvalue weighted by Crippen LogP contribution is -2.34. The van der Waals surface area contributed by atoms with E-state index in [2.05, 4.69) is 15.7 Å². The largest absolute Gasteiger partial charge is 0.347 e. The first-order valence-electron chi connectivity index (χ1n) is 10.1. The number of amides is 2. The molecule has 1 aliphatic rings. The summed E-state index contributed by atoms with van der Waals surface area (Å²) in [4.78, 5) is 38.5. The van der Waals surface area contributed by atoms with Crippen LogP contribution in [-0.4, -0.2) is 54.9 Å². The first-order valence-corrected chi connectivity index (χ1v) is 10.1. The van der Waals surface area contributed by atoms with Crippen molar-refractivity contribution in [1.29, 1.82) is 0 Å². The van der Waals surface area contributed by atoms with Gasteiger partial charge in [-0.1, -0.05) is 30.3 Å². The van der Waals surface area contributed by atoms with Gasteiger partial charge in [-0.05, 0) is 50.8 Å². The molecule has 1 aliphatic heterocycles. The Morgan fingerprint density at radius 1 is 1.10 bits per heavy atom. The molecule has 2 amide bonds. The molecule has 0 aromatic heterocycles. The lowest BCUT2D eigenvalue weighted by atomic mass is 10.1. The first-order chi connectivity index (χ1) is 14.8. The highest BCUT2D eigenvalue weighted by Crippen LogP contribution is 2.25. The fourth-order valence-corrected chi connectivity index (χ4v) is 3.31. The second kappa shape index (κ2) is 9.99. The number of anilines is 2. The number of carbonyl (C=O) groups is 3. The van der Waals surface area contributed by atoms with Crippen molar-refractivity contribution < 1.29 is 14.4 Å². The number of para-hydroxylation sites is 1. The van der Waals surface area contributed by atoms with E-state index in [0.29, 0.717) is 11.4 Å². The molecule has 0 radical (unpaired) electrons. The molecule has 31 heavy (non-hydrogen) atoms. The highest BCUT2D eigenvalue weighted by atomic mass is 16.2. The van der Waals surface area contributed by atoms with Crippen molar-refractivity contribution in [2.24, 2.45) is 5.10 Å². The molecule has 1 heterocycles. The number of hydrazone groups is 1. The third-order valence-corrected chi connectivity index (χ3v) is 4.79. The number of hydrogen-bond donors (Lipinski definition) is 2. The lowest BCUT2D eigenvalue weighted by Gasteiger charge is -2.20. The Morgan fingerprint density at radius 3 is 2.52 bits per heavy atom. The molecule has 162 valence electrons. The predicted octanol–water partition coefficient (Wildman–Crippen LogP) is 2.03. The summed E-state index contributed by atoms with van der Waals surface area (Å²) >= 11 is 0. The highest BCUT2D eigenvalue weighted by molar-refractivity contribution is 6.40. The standard InChI is InChI=1S/C23H27N5O3/c1-16(29)21-13-20(26-28(21)19-10-5-4-6-11-19)23(31)24-14-17-8-7-9-18(12-17)25-22(30)15-27(2)3/h4-12,21H,13-15H2,1-3H3,(H,24,31)(H,25,30). The Kier molecular flexibility index (Phi) is 7.15. The van der Waals surface area contributed by atoms with Gasteiger partial charge in [0.05, 0.1) is 12.2 Å². The summed E-state index contributed by atoms with van der Waals surface area (Å²) in [5.74, 6) is -0.467. The normalized spacial score (nSPS) is 15.5. The molecule has 0 saturated heterocycles. The van der Waals surface area contributed by atoms with Crippen LogP contribution in [0.3, 0.4) is 0 Å². The van der Waals surface area contributed by atoms with Gasteiger partial charge in [0.15, 0.2) is 5.78 Å². The quantitative estimate of drug-likeness (QED) is 0.680. The van der Waals surface area contributed by atoms with Crippen LogP contribution in [0.15, 0.2) is 59.7 Å². The number of Topliss-reactive ketones (excluding diaryl/α,β-unsaturated/α-hetero) is 1. The summed E-state index contributed by atoms with van der Waals surface area (Å²) in [7, 11) is 3.65. The van der Waals surface area contributed by atoms with Gasteiger partial charge in [0.1, 0.15) is 11.8 Å². The van der Waals surface area contributed by atoms with E-state index in [0.717, 1.165) is 11.3 Å². The van der Waals surface area contributed by atoms with Gasteiger partial charge in [-0.25, -0.2) is 0 Å². The minimum absolute atomic E-state index is 0.0448. The van der Waals surface area contributed by atoms with E-state index in [9.17, 15) is 14.4 Å². The van der Waals surface area contributed by atoms with Gasteiger partial charge in [-0.2, -0.15) is 5.10 Å². The third kappa shape index (κ3) is 5.99. The Morgan fingerprint density at radius 2 is 1.84 bits per heavy atom. The van der Waals surface area contributed by atoms with Gasteiger partial charge >= 0.3 is 0 Å². The fraction of sp³-hybridized carbons (Fsp3) is 0.304. The van der Waals surface area contributed by atoms with Gasteiger partial charge in [0, 0.05) is 18.7 Å². The number of benzene rings is 2. The zero-order valence-corrected chi connectivity index (χ0v) is 18.0. The van der Waals surface area contributed by atoms with Crippen molar-refractivity contribution in [1.82, 2.24) is 10.2 Å². The summed E-state index contributed by atoms with van der Waals surface area (Å²) < 4.78 is 0. The Balaban J connectivity index is 1.63. The van der Waals surface area contributed by atoms with Crippen LogP contribution in [0.2, 0.25) is 0 Å². The highest BCUT2D eigenvalue weighted by Gasteiger charge is 2.34. The minimum atomic E-state index is -0.488. The fourth-order valence-electron chi connectivity index (χ4n) is 3.31. The molecule has 3 rings (SSSR count). The first kappa shape index (κ1) is 22.2. The van der Waals surface area contributed by atoms with Crippen LogP contribution in [0.4, 0.5) is 11.4 Å². The maximum atomic E-state index is 12.7. The number of likely N-dealkylation sites (N-methyl/N-ethyl adjacent to an activating group) is 1. The van der Waals surface area contributed by atoms with Gasteiger partial charge in [-0.15, -0.1) is 0 Å². The average Bonchev–Trinajstić information content (AvgIpc) is 3.18. The van der Waals surface area contributed by atoms with Crippen LogP contribution in [0.5, 0.6) is 0 Å². The van der Waals surface area contributed by atoms with Gasteiger partial charge < -0.3 is 15.5 Å². The number of rotatable bonds is 8. The topological polar surface area (TPSA) is 94.1 Å². The van der Waals surface area contributed by atoms with E-state index < -0.39 is 6.04 Å². The molecule has 0 bridgehead atoms. The second-order valence-electron chi connectivity index (χ2n) is 7.73. The van der Waals surface area contributed by atoms with E-state index in [-0.39, 0.29) is 37.1 Å². The Labute approximate surface area is 181 Å². The van der Waals surface area contributed by atoms with E-state index >= 15 is 0 Å². The predicted molar refractivity (Wildman–Crippen MR) is 121 cm³/mol. The van der Waals surface area contributed by atoms with Gasteiger partial charge in [0.2, 0.25) is 5.91 Å². The molecule has 0 spiro atoms. The van der Waals surface area contributed by atoms with E-state index in [1.165, 1.54) is 6.92 Å². The van der Waals surface area contributed by atoms with Gasteiger partial charge in [0.25, 0.3) is 5.91 Å². The summed E-state index contributed by atoms with van der Waals surface area (Å²) in [6.07, 6.45) is 0.261. The van der Waals surface area contributed by atoms with Crippen LogP contribution >= 0.6 is 0 Å². The number of hydrogen-bond acceptors (Lipinski definition) is 6. The molecule has 2 aromatic carbocycles. The van der Waals surface area contributed by atoms with E-state index in [4.69, 9.17) is 0 Å². The van der Waals surface area contributed by atoms with Crippen molar-refractivity contribution in [3.63, 3.8) is 0 Å². The molecular weight excluding hydrogens is 394 g/mol. The maximum absolute atomic E-state index is 12.7. The van der Waals surface area contributed by atoms with Crippen molar-refractivity contribution in [2.75, 3.05) is 31.0 Å². The SMILES string of the molecule is CC(=O)C1CC(C(=O)NCc2cccc(NC(=O)CN(C)C)c2)=NN1c1ccccc1. The summed E-state index contributed by atoms with van der Waals surface area (Å²) in [6, 6.07) is 16.2. The molecule has 2 aromatic rings. The Hall–Kier alpha value is -3.52. The second-order valence-corrected chi connectivity index (χ2v) is 7.73. The van der Waals surface area contributed by atoms with Crippen molar-refractivity contribution in [3.05, 3.63) is 60.2 Å². The summed E-state index contributed by atoms with van der Waals surface area (Å²) in [5.41, 5.74) is 2.60. The summed E-state index contributed by atoms with van der Waals surface area (Å²) in [5, 5.41) is 11.7. The van der Waals surface area contributed by atoms with E-state index in [1.807, 2.05) is 62.6 Å². The van der Waals surface area contributed by atoms with Gasteiger partial charge in [-0.3, -0.25) is 19.4 Å². The minimum Gasteiger partial charge on any atom is -0.347 e. The van der Waals surface area contributed by atoms with Crippen LogP contribution in [-0.2, 0) is 20.9 Å². The zero-order valence-electron chi connectivity index (χ0n) is 18.0. The lowest BCUT2D eigenvalue weighted by molar-refractivity contribution is -0.118. The molecule has 8 heteroatoms. The zero-order chi connectivity index (χ0) is 22.4. The summed E-state index contributed by atoms with van der Waals surface area (Å²) in [6.45, 7) is 2.08. The maximum Gasteiger partial charge on any atom is 0.267 e. The molecule has 0 aliphatic carbocycles. The third-order valence-electron chi connectivity index (χ3n) is 4.79. The van der Waals surface area contributed by atoms with Crippen LogP contribution in [0.25, 0.3) is 0 Å². The smallest absolute Gasteiger partial charge is 0.267 e. The van der Waals surface area contributed by atoms with Crippen LogP contribution < -0.4 is 15.6 Å². The average molecular weight is 422 g/mol. The molecule has 2 N–H and O–H groups in total. The number of ketones is 1. The molecule has 8 nitrogen and oxygen atoms in total. The molecule has 0 saturated carbocycles. The molecule has 0 fully saturated rings. The molecular formula is C23H27N5O3. The monoisotopic (exact) mass is 421 g/mol. The number of carbonyl (C=O) groups excluding carboxylic acids is 3. The molecule has 1 unspecified atom stereocenters. The van der Waals surface area contributed by atoms with Crippen molar-refractivity contribution in [3.8, 4) is 0 Å². The Bertz CT molecular complexity index is 988. The number of nitrogens with zero attached hydrogens (tertiary/aromatic N) is 3.